The molecule has 0 aromatic heterocycles. The first kappa shape index (κ1) is 22.4. The van der Waals surface area contributed by atoms with Crippen molar-refractivity contribution in [3.8, 4) is 5.75 Å². The van der Waals surface area contributed by atoms with E-state index in [-0.39, 0.29) is 37.3 Å². The Balaban J connectivity index is 1.60. The van der Waals surface area contributed by atoms with Gasteiger partial charge in [-0.2, -0.15) is 13.2 Å². The van der Waals surface area contributed by atoms with Crippen LogP contribution in [-0.2, 0) is 6.18 Å². The Bertz CT molecular complexity index is 949. The summed E-state index contributed by atoms with van der Waals surface area (Å²) in [6.07, 6.45) is -9.41. The number of hydrogen-bond donors (Lipinski definition) is 0. The molecule has 0 aliphatic carbocycles. The van der Waals surface area contributed by atoms with Crippen LogP contribution in [0.4, 0.5) is 26.3 Å². The molecule has 0 saturated carbocycles. The number of amides is 2. The largest absolute Gasteiger partial charge is 0.573 e. The Labute approximate surface area is 172 Å². The van der Waals surface area contributed by atoms with Crippen molar-refractivity contribution in [1.29, 1.82) is 0 Å². The van der Waals surface area contributed by atoms with E-state index >= 15 is 0 Å². The van der Waals surface area contributed by atoms with Crippen LogP contribution in [0.3, 0.4) is 0 Å². The zero-order chi connectivity index (χ0) is 22.8. The number of carbonyl (C=O) groups is 2. The van der Waals surface area contributed by atoms with Crippen molar-refractivity contribution in [2.24, 2.45) is 0 Å². The minimum Gasteiger partial charge on any atom is -0.406 e. The molecule has 0 N–H and O–H groups in total. The summed E-state index contributed by atoms with van der Waals surface area (Å²) in [5.74, 6) is -1.47. The van der Waals surface area contributed by atoms with E-state index in [4.69, 9.17) is 0 Å². The third-order valence-corrected chi connectivity index (χ3v) is 4.63. The molecule has 0 radical (unpaired) electrons. The minimum atomic E-state index is -4.84. The smallest absolute Gasteiger partial charge is 0.406 e. The summed E-state index contributed by atoms with van der Waals surface area (Å²) in [5, 5.41) is 0. The molecule has 1 saturated heterocycles. The van der Waals surface area contributed by atoms with Crippen LogP contribution in [0, 0.1) is 0 Å². The van der Waals surface area contributed by atoms with Crippen molar-refractivity contribution >= 4 is 11.8 Å². The van der Waals surface area contributed by atoms with Crippen LogP contribution in [0.2, 0.25) is 0 Å². The predicted octanol–water partition coefficient (Wildman–Crippen LogP) is 4.20. The van der Waals surface area contributed by atoms with Crippen molar-refractivity contribution in [2.45, 2.75) is 12.5 Å². The maximum atomic E-state index is 12.8. The number of piperazine rings is 1. The van der Waals surface area contributed by atoms with Gasteiger partial charge in [0.05, 0.1) is 5.56 Å². The molecule has 166 valence electrons. The molecule has 2 aromatic carbocycles. The highest BCUT2D eigenvalue weighted by molar-refractivity contribution is 5.96. The topological polar surface area (TPSA) is 49.9 Å². The first-order valence-corrected chi connectivity index (χ1v) is 9.06. The van der Waals surface area contributed by atoms with Gasteiger partial charge in [-0.15, -0.1) is 13.2 Å². The number of rotatable bonds is 3. The van der Waals surface area contributed by atoms with Gasteiger partial charge in [0, 0.05) is 37.3 Å². The fourth-order valence-corrected chi connectivity index (χ4v) is 3.11. The molecule has 1 fully saturated rings. The second kappa shape index (κ2) is 8.48. The average Bonchev–Trinajstić information content (AvgIpc) is 2.72. The third kappa shape index (κ3) is 5.68. The predicted molar refractivity (Wildman–Crippen MR) is 96.4 cm³/mol. The van der Waals surface area contributed by atoms with Gasteiger partial charge in [0.1, 0.15) is 5.75 Å². The number of nitrogens with zero attached hydrogens (tertiary/aromatic N) is 2. The zero-order valence-electron chi connectivity index (χ0n) is 15.8. The van der Waals surface area contributed by atoms with Crippen LogP contribution >= 0.6 is 0 Å². The van der Waals surface area contributed by atoms with Crippen LogP contribution in [0.1, 0.15) is 26.3 Å². The van der Waals surface area contributed by atoms with E-state index < -0.39 is 35.7 Å². The fourth-order valence-electron chi connectivity index (χ4n) is 3.11. The maximum Gasteiger partial charge on any atom is 0.573 e. The Morgan fingerprint density at radius 2 is 1.26 bits per heavy atom. The van der Waals surface area contributed by atoms with Gasteiger partial charge in [-0.05, 0) is 42.5 Å². The second-order valence-corrected chi connectivity index (χ2v) is 6.74. The molecule has 0 atom stereocenters. The summed E-state index contributed by atoms with van der Waals surface area (Å²) in [6, 6.07) is 8.54. The van der Waals surface area contributed by atoms with E-state index in [1.807, 2.05) is 0 Å². The molecule has 0 spiro atoms. The van der Waals surface area contributed by atoms with E-state index in [0.29, 0.717) is 0 Å². The van der Waals surface area contributed by atoms with Crippen molar-refractivity contribution in [1.82, 2.24) is 9.80 Å². The number of hydrogen-bond acceptors (Lipinski definition) is 3. The maximum absolute atomic E-state index is 12.8. The molecule has 2 amide bonds. The number of carbonyl (C=O) groups excluding carboxylic acids is 2. The Morgan fingerprint density at radius 1 is 0.742 bits per heavy atom. The van der Waals surface area contributed by atoms with Crippen LogP contribution in [0.5, 0.6) is 5.75 Å². The molecule has 31 heavy (non-hydrogen) atoms. The molecule has 2 aromatic rings. The lowest BCUT2D eigenvalue weighted by Crippen LogP contribution is -2.50. The molecule has 1 heterocycles. The lowest BCUT2D eigenvalue weighted by molar-refractivity contribution is -0.274. The average molecular weight is 446 g/mol. The number of benzene rings is 2. The Kier molecular flexibility index (Phi) is 6.14. The number of alkyl halides is 6. The van der Waals surface area contributed by atoms with Gasteiger partial charge in [-0.3, -0.25) is 9.59 Å². The highest BCUT2D eigenvalue weighted by atomic mass is 19.4. The van der Waals surface area contributed by atoms with Crippen LogP contribution in [0.25, 0.3) is 0 Å². The third-order valence-electron chi connectivity index (χ3n) is 4.63. The van der Waals surface area contributed by atoms with E-state index in [1.54, 1.807) is 0 Å². The van der Waals surface area contributed by atoms with Gasteiger partial charge < -0.3 is 14.5 Å². The van der Waals surface area contributed by atoms with Crippen molar-refractivity contribution in [3.63, 3.8) is 0 Å². The van der Waals surface area contributed by atoms with Crippen molar-refractivity contribution < 1.29 is 40.7 Å². The van der Waals surface area contributed by atoms with Crippen molar-refractivity contribution in [2.75, 3.05) is 26.2 Å². The molecule has 5 nitrogen and oxygen atoms in total. The van der Waals surface area contributed by atoms with E-state index in [2.05, 4.69) is 4.74 Å². The number of halogens is 6. The first-order valence-electron chi connectivity index (χ1n) is 9.06. The molecule has 11 heteroatoms. The van der Waals surface area contributed by atoms with E-state index in [0.717, 1.165) is 30.3 Å². The van der Waals surface area contributed by atoms with E-state index in [1.165, 1.54) is 28.0 Å². The summed E-state index contributed by atoms with van der Waals surface area (Å²) in [7, 11) is 0. The standard InChI is InChI=1S/C20H16F6N2O3/c21-19(22,23)15-3-1-2-14(12-15)18(30)28-10-8-27(9-11-28)17(29)13-4-6-16(7-5-13)31-20(24,25)26/h1-7,12H,8-11H2. The van der Waals surface area contributed by atoms with Gasteiger partial charge in [0.2, 0.25) is 0 Å². The minimum absolute atomic E-state index is 0.102. The van der Waals surface area contributed by atoms with Crippen LogP contribution < -0.4 is 4.74 Å². The van der Waals surface area contributed by atoms with E-state index in [9.17, 15) is 35.9 Å². The SMILES string of the molecule is O=C(c1ccc(OC(F)(F)F)cc1)N1CCN(C(=O)c2cccc(C(F)(F)F)c2)CC1. The summed E-state index contributed by atoms with van der Waals surface area (Å²) >= 11 is 0. The molecular weight excluding hydrogens is 430 g/mol. The summed E-state index contributed by atoms with van der Waals surface area (Å²) in [4.78, 5) is 27.8. The lowest BCUT2D eigenvalue weighted by atomic mass is 10.1. The highest BCUT2D eigenvalue weighted by Gasteiger charge is 2.33. The summed E-state index contributed by atoms with van der Waals surface area (Å²) < 4.78 is 78.9. The lowest BCUT2D eigenvalue weighted by Gasteiger charge is -2.35. The second-order valence-electron chi connectivity index (χ2n) is 6.74. The zero-order valence-corrected chi connectivity index (χ0v) is 15.8. The van der Waals surface area contributed by atoms with Gasteiger partial charge in [-0.25, -0.2) is 0 Å². The molecular formula is C20H16F6N2O3. The molecule has 1 aliphatic heterocycles. The molecule has 3 rings (SSSR count). The number of ether oxygens (including phenoxy) is 1. The van der Waals surface area contributed by atoms with Gasteiger partial charge in [0.15, 0.2) is 0 Å². The normalized spacial score (nSPS) is 15.0. The highest BCUT2D eigenvalue weighted by Crippen LogP contribution is 2.30. The van der Waals surface area contributed by atoms with Gasteiger partial charge >= 0.3 is 12.5 Å². The first-order chi connectivity index (χ1) is 14.4. The molecule has 1 aliphatic rings. The summed E-state index contributed by atoms with van der Waals surface area (Å²) in [6.45, 7) is 0.473. The quantitative estimate of drug-likeness (QED) is 0.665. The fraction of sp³-hybridized carbons (Fsp3) is 0.300. The Hall–Kier alpha value is -3.24. The van der Waals surface area contributed by atoms with Gasteiger partial charge in [0.25, 0.3) is 11.8 Å². The molecule has 0 unspecified atom stereocenters. The van der Waals surface area contributed by atoms with Crippen LogP contribution in [0.15, 0.2) is 48.5 Å². The Morgan fingerprint density at radius 3 is 1.74 bits per heavy atom. The van der Waals surface area contributed by atoms with Crippen LogP contribution in [-0.4, -0.2) is 54.2 Å². The monoisotopic (exact) mass is 446 g/mol. The summed E-state index contributed by atoms with van der Waals surface area (Å²) in [5.41, 5.74) is -0.882. The van der Waals surface area contributed by atoms with Crippen molar-refractivity contribution in [3.05, 3.63) is 65.2 Å². The van der Waals surface area contributed by atoms with Gasteiger partial charge in [-0.1, -0.05) is 6.07 Å². The molecule has 0 bridgehead atoms.